The first-order valence-corrected chi connectivity index (χ1v) is 9.02. The number of rotatable bonds is 8. The van der Waals surface area contributed by atoms with Gasteiger partial charge in [-0.1, -0.05) is 36.4 Å². The standard InChI is InChI=1S/C23H22O6/c1-26-20-10-15(11-21(27-2)23(20)28-3)12-22(25)29-14-19(24)18-9-8-16-6-4-5-7-17(16)13-18/h4-11,13H,12,14H2,1-3H3. The van der Waals surface area contributed by atoms with Gasteiger partial charge >= 0.3 is 5.97 Å². The molecule has 3 aromatic carbocycles. The fourth-order valence-corrected chi connectivity index (χ4v) is 3.05. The minimum Gasteiger partial charge on any atom is -0.493 e. The molecule has 0 atom stereocenters. The Kier molecular flexibility index (Phi) is 6.34. The number of Topliss-reactive ketones (excluding diaryl/α,β-unsaturated/α-hetero) is 1. The molecule has 0 aliphatic heterocycles. The molecule has 0 spiro atoms. The van der Waals surface area contributed by atoms with E-state index in [1.165, 1.54) is 21.3 Å². The summed E-state index contributed by atoms with van der Waals surface area (Å²) in [6, 6.07) is 16.5. The number of methoxy groups -OCH3 is 3. The van der Waals surface area contributed by atoms with Crippen molar-refractivity contribution >= 4 is 22.5 Å². The van der Waals surface area contributed by atoms with E-state index < -0.39 is 5.97 Å². The zero-order valence-corrected chi connectivity index (χ0v) is 16.6. The first-order valence-electron chi connectivity index (χ1n) is 9.02. The van der Waals surface area contributed by atoms with Crippen molar-refractivity contribution in [1.29, 1.82) is 0 Å². The summed E-state index contributed by atoms with van der Waals surface area (Å²) in [5.74, 6) is 0.560. The van der Waals surface area contributed by atoms with Gasteiger partial charge in [-0.15, -0.1) is 0 Å². The van der Waals surface area contributed by atoms with E-state index in [1.54, 1.807) is 24.3 Å². The lowest BCUT2D eigenvalue weighted by atomic mass is 10.0. The van der Waals surface area contributed by atoms with E-state index in [4.69, 9.17) is 18.9 Å². The van der Waals surface area contributed by atoms with E-state index in [1.807, 2.05) is 30.3 Å². The molecule has 6 heteroatoms. The SMILES string of the molecule is COc1cc(CC(=O)OCC(=O)c2ccc3ccccc3c2)cc(OC)c1OC. The van der Waals surface area contributed by atoms with Gasteiger partial charge in [0.2, 0.25) is 5.75 Å². The van der Waals surface area contributed by atoms with E-state index in [0.29, 0.717) is 28.4 Å². The maximum atomic E-state index is 12.4. The lowest BCUT2D eigenvalue weighted by Gasteiger charge is -2.14. The van der Waals surface area contributed by atoms with Crippen LogP contribution in [-0.2, 0) is 16.0 Å². The molecule has 0 fully saturated rings. The van der Waals surface area contributed by atoms with E-state index in [-0.39, 0.29) is 18.8 Å². The normalized spacial score (nSPS) is 10.4. The van der Waals surface area contributed by atoms with Gasteiger partial charge < -0.3 is 18.9 Å². The van der Waals surface area contributed by atoms with Gasteiger partial charge in [0, 0.05) is 5.56 Å². The quantitative estimate of drug-likeness (QED) is 0.427. The van der Waals surface area contributed by atoms with E-state index in [0.717, 1.165) is 10.8 Å². The minimum atomic E-state index is -0.520. The summed E-state index contributed by atoms with van der Waals surface area (Å²) < 4.78 is 21.0. The molecular formula is C23H22O6. The molecule has 0 aliphatic carbocycles. The van der Waals surface area contributed by atoms with Crippen molar-refractivity contribution < 1.29 is 28.5 Å². The van der Waals surface area contributed by atoms with Crippen LogP contribution in [0.25, 0.3) is 10.8 Å². The smallest absolute Gasteiger partial charge is 0.310 e. The molecular weight excluding hydrogens is 372 g/mol. The van der Waals surface area contributed by atoms with Crippen LogP contribution in [0.4, 0.5) is 0 Å². The average molecular weight is 394 g/mol. The summed E-state index contributed by atoms with van der Waals surface area (Å²) in [7, 11) is 4.51. The van der Waals surface area contributed by atoms with Crippen LogP contribution in [-0.4, -0.2) is 39.7 Å². The van der Waals surface area contributed by atoms with Gasteiger partial charge in [-0.3, -0.25) is 9.59 Å². The van der Waals surface area contributed by atoms with Gasteiger partial charge in [0.05, 0.1) is 27.8 Å². The zero-order valence-electron chi connectivity index (χ0n) is 16.6. The van der Waals surface area contributed by atoms with Crippen LogP contribution in [0.15, 0.2) is 54.6 Å². The second-order valence-electron chi connectivity index (χ2n) is 6.36. The van der Waals surface area contributed by atoms with Crippen LogP contribution in [0.3, 0.4) is 0 Å². The number of fused-ring (bicyclic) bond motifs is 1. The van der Waals surface area contributed by atoms with Gasteiger partial charge in [0.1, 0.15) is 0 Å². The minimum absolute atomic E-state index is 0.0261. The number of hydrogen-bond donors (Lipinski definition) is 0. The van der Waals surface area contributed by atoms with Crippen LogP contribution < -0.4 is 14.2 Å². The third-order valence-electron chi connectivity index (χ3n) is 4.51. The predicted octanol–water partition coefficient (Wildman–Crippen LogP) is 3.83. The average Bonchev–Trinajstić information content (AvgIpc) is 2.76. The zero-order chi connectivity index (χ0) is 20.8. The van der Waals surface area contributed by atoms with Crippen molar-refractivity contribution in [3.63, 3.8) is 0 Å². The molecule has 6 nitrogen and oxygen atoms in total. The molecule has 0 radical (unpaired) electrons. The summed E-state index contributed by atoms with van der Waals surface area (Å²) in [4.78, 5) is 24.6. The lowest BCUT2D eigenvalue weighted by Crippen LogP contribution is -2.15. The molecule has 0 amide bonds. The number of ketones is 1. The molecule has 0 bridgehead atoms. The maximum Gasteiger partial charge on any atom is 0.310 e. The number of carbonyl (C=O) groups is 2. The first-order chi connectivity index (χ1) is 14.0. The molecule has 0 unspecified atom stereocenters. The van der Waals surface area contributed by atoms with Crippen LogP contribution in [0.1, 0.15) is 15.9 Å². The Morgan fingerprint density at radius 3 is 2.07 bits per heavy atom. The number of esters is 1. The van der Waals surface area contributed by atoms with Crippen molar-refractivity contribution in [1.82, 2.24) is 0 Å². The third-order valence-corrected chi connectivity index (χ3v) is 4.51. The summed E-state index contributed by atoms with van der Waals surface area (Å²) in [6.07, 6.45) is -0.0261. The van der Waals surface area contributed by atoms with Crippen molar-refractivity contribution in [3.8, 4) is 17.2 Å². The Balaban J connectivity index is 1.65. The molecule has 150 valence electrons. The maximum absolute atomic E-state index is 12.4. The molecule has 0 heterocycles. The number of carbonyl (C=O) groups excluding carboxylic acids is 2. The molecule has 3 aromatic rings. The van der Waals surface area contributed by atoms with Gasteiger partial charge in [-0.05, 0) is 34.5 Å². The highest BCUT2D eigenvalue weighted by Crippen LogP contribution is 2.38. The Hall–Kier alpha value is -3.54. The molecule has 0 saturated heterocycles. The highest BCUT2D eigenvalue weighted by atomic mass is 16.5. The summed E-state index contributed by atoms with van der Waals surface area (Å²) >= 11 is 0. The van der Waals surface area contributed by atoms with Crippen molar-refractivity contribution in [2.75, 3.05) is 27.9 Å². The topological polar surface area (TPSA) is 71.1 Å². The van der Waals surface area contributed by atoms with Gasteiger partial charge in [0.15, 0.2) is 23.9 Å². The molecule has 3 rings (SSSR count). The third kappa shape index (κ3) is 4.66. The Labute approximate surface area is 169 Å². The summed E-state index contributed by atoms with van der Waals surface area (Å²) in [5, 5.41) is 2.01. The highest BCUT2D eigenvalue weighted by molar-refractivity contribution is 6.01. The molecule has 0 aromatic heterocycles. The summed E-state index contributed by atoms with van der Waals surface area (Å²) in [5.41, 5.74) is 1.13. The number of benzene rings is 3. The predicted molar refractivity (Wildman–Crippen MR) is 109 cm³/mol. The van der Waals surface area contributed by atoms with Gasteiger partial charge in [-0.2, -0.15) is 0 Å². The van der Waals surface area contributed by atoms with E-state index in [2.05, 4.69) is 0 Å². The van der Waals surface area contributed by atoms with Gasteiger partial charge in [0.25, 0.3) is 0 Å². The van der Waals surface area contributed by atoms with E-state index >= 15 is 0 Å². The monoisotopic (exact) mass is 394 g/mol. The first kappa shape index (κ1) is 20.2. The van der Waals surface area contributed by atoms with Crippen LogP contribution in [0, 0.1) is 0 Å². The fraction of sp³-hybridized carbons (Fsp3) is 0.217. The van der Waals surface area contributed by atoms with Crippen LogP contribution in [0.5, 0.6) is 17.2 Å². The van der Waals surface area contributed by atoms with Crippen molar-refractivity contribution in [2.24, 2.45) is 0 Å². The lowest BCUT2D eigenvalue weighted by molar-refractivity contribution is -0.141. The van der Waals surface area contributed by atoms with Crippen molar-refractivity contribution in [2.45, 2.75) is 6.42 Å². The molecule has 29 heavy (non-hydrogen) atoms. The number of hydrogen-bond acceptors (Lipinski definition) is 6. The molecule has 0 aliphatic rings. The number of ether oxygens (including phenoxy) is 4. The van der Waals surface area contributed by atoms with Crippen molar-refractivity contribution in [3.05, 3.63) is 65.7 Å². The Morgan fingerprint density at radius 2 is 1.45 bits per heavy atom. The highest BCUT2D eigenvalue weighted by Gasteiger charge is 2.16. The Bertz CT molecular complexity index is 1020. The molecule has 0 N–H and O–H groups in total. The van der Waals surface area contributed by atoms with Crippen LogP contribution >= 0.6 is 0 Å². The fourth-order valence-electron chi connectivity index (χ4n) is 3.05. The van der Waals surface area contributed by atoms with E-state index in [9.17, 15) is 9.59 Å². The largest absolute Gasteiger partial charge is 0.493 e. The van der Waals surface area contributed by atoms with Gasteiger partial charge in [-0.25, -0.2) is 0 Å². The second-order valence-corrected chi connectivity index (χ2v) is 6.36. The second kappa shape index (κ2) is 9.10. The summed E-state index contributed by atoms with van der Waals surface area (Å²) in [6.45, 7) is -0.318. The molecule has 0 saturated carbocycles. The van der Waals surface area contributed by atoms with Crippen LogP contribution in [0.2, 0.25) is 0 Å². The Morgan fingerprint density at radius 1 is 0.793 bits per heavy atom.